The molecule has 0 aliphatic rings. The van der Waals surface area contributed by atoms with Crippen molar-refractivity contribution in [1.29, 1.82) is 0 Å². The first-order valence-electron chi connectivity index (χ1n) is 6.94. The maximum atomic E-state index is 12.3. The first kappa shape index (κ1) is 16.7. The quantitative estimate of drug-likeness (QED) is 0.827. The highest BCUT2D eigenvalue weighted by Gasteiger charge is 2.12. The van der Waals surface area contributed by atoms with Crippen LogP contribution in [0.1, 0.15) is 26.4 Å². The van der Waals surface area contributed by atoms with Crippen molar-refractivity contribution in [1.82, 2.24) is 10.3 Å². The number of carbonyl (C=O) groups excluding carboxylic acids is 2. The van der Waals surface area contributed by atoms with Gasteiger partial charge in [-0.05, 0) is 42.8 Å². The van der Waals surface area contributed by atoms with Crippen molar-refractivity contribution in [2.24, 2.45) is 0 Å². The number of carbonyl (C=O) groups is 2. The zero-order valence-electron chi connectivity index (χ0n) is 12.6. The molecular formula is C17H16ClN3O2. The van der Waals surface area contributed by atoms with Crippen LogP contribution in [0.3, 0.4) is 0 Å². The number of halogens is 1. The van der Waals surface area contributed by atoms with Gasteiger partial charge in [0.2, 0.25) is 0 Å². The van der Waals surface area contributed by atoms with Crippen molar-refractivity contribution in [3.05, 3.63) is 71.0 Å². The van der Waals surface area contributed by atoms with Crippen LogP contribution in [0, 0.1) is 6.92 Å². The summed E-state index contributed by atoms with van der Waals surface area (Å²) in [5, 5.41) is 6.00. The van der Waals surface area contributed by atoms with Crippen LogP contribution in [0.15, 0.2) is 49.2 Å². The molecule has 23 heavy (non-hydrogen) atoms. The standard InChI is InChI=1S/C17H16ClN3O2/c1-3-7-20-16(22)12-6-8-19-15(10-12)17(23)21-14-5-4-13(18)9-11(14)2/h3-6,8-10H,1,7H2,2H3,(H,20,22)(H,21,23). The number of pyridine rings is 1. The van der Waals surface area contributed by atoms with Gasteiger partial charge in [0.25, 0.3) is 11.8 Å². The first-order chi connectivity index (χ1) is 11.0. The zero-order valence-corrected chi connectivity index (χ0v) is 13.4. The SMILES string of the molecule is C=CCNC(=O)c1ccnc(C(=O)Nc2ccc(Cl)cc2C)c1. The molecular weight excluding hydrogens is 314 g/mol. The molecule has 0 atom stereocenters. The molecule has 2 aromatic rings. The molecule has 1 aromatic heterocycles. The topological polar surface area (TPSA) is 71.1 Å². The number of aryl methyl sites for hydroxylation is 1. The molecule has 0 aliphatic heterocycles. The van der Waals surface area contributed by atoms with Crippen LogP contribution in [-0.2, 0) is 0 Å². The molecule has 2 N–H and O–H groups in total. The lowest BCUT2D eigenvalue weighted by Crippen LogP contribution is -2.24. The number of anilines is 1. The van der Waals surface area contributed by atoms with E-state index in [1.54, 1.807) is 30.3 Å². The summed E-state index contributed by atoms with van der Waals surface area (Å²) in [6.45, 7) is 5.73. The van der Waals surface area contributed by atoms with E-state index >= 15 is 0 Å². The summed E-state index contributed by atoms with van der Waals surface area (Å²) in [7, 11) is 0. The van der Waals surface area contributed by atoms with Gasteiger partial charge in [-0.3, -0.25) is 14.6 Å². The van der Waals surface area contributed by atoms with Gasteiger partial charge in [0.15, 0.2) is 0 Å². The van der Waals surface area contributed by atoms with E-state index in [-0.39, 0.29) is 11.6 Å². The predicted molar refractivity (Wildman–Crippen MR) is 90.9 cm³/mol. The third kappa shape index (κ3) is 4.40. The molecule has 118 valence electrons. The summed E-state index contributed by atoms with van der Waals surface area (Å²) in [6, 6.07) is 8.15. The third-order valence-electron chi connectivity index (χ3n) is 3.10. The Morgan fingerprint density at radius 2 is 2.04 bits per heavy atom. The van der Waals surface area contributed by atoms with Crippen LogP contribution in [0.2, 0.25) is 5.02 Å². The fourth-order valence-electron chi connectivity index (χ4n) is 1.92. The van der Waals surface area contributed by atoms with Crippen LogP contribution in [-0.4, -0.2) is 23.3 Å². The molecule has 0 saturated carbocycles. The van der Waals surface area contributed by atoms with Crippen LogP contribution >= 0.6 is 11.6 Å². The number of amides is 2. The Labute approximate surface area is 139 Å². The molecule has 6 heteroatoms. The second-order valence-corrected chi connectivity index (χ2v) is 5.28. The van der Waals surface area contributed by atoms with E-state index in [2.05, 4.69) is 22.2 Å². The average molecular weight is 330 g/mol. The molecule has 0 spiro atoms. The van der Waals surface area contributed by atoms with E-state index in [1.807, 2.05) is 6.92 Å². The van der Waals surface area contributed by atoms with Gasteiger partial charge in [-0.25, -0.2) is 0 Å². The monoisotopic (exact) mass is 329 g/mol. The Balaban J connectivity index is 2.16. The van der Waals surface area contributed by atoms with Crippen LogP contribution < -0.4 is 10.6 Å². The van der Waals surface area contributed by atoms with E-state index in [0.29, 0.717) is 22.8 Å². The number of hydrogen-bond donors (Lipinski definition) is 2. The Morgan fingerprint density at radius 3 is 2.74 bits per heavy atom. The molecule has 1 heterocycles. The summed E-state index contributed by atoms with van der Waals surface area (Å²) in [6.07, 6.45) is 3.00. The van der Waals surface area contributed by atoms with Crippen LogP contribution in [0.25, 0.3) is 0 Å². The van der Waals surface area contributed by atoms with Crippen LogP contribution in [0.5, 0.6) is 0 Å². The minimum absolute atomic E-state index is 0.158. The van der Waals surface area contributed by atoms with Gasteiger partial charge < -0.3 is 10.6 Å². The first-order valence-corrected chi connectivity index (χ1v) is 7.31. The molecule has 0 aliphatic carbocycles. The van der Waals surface area contributed by atoms with Crippen LogP contribution in [0.4, 0.5) is 5.69 Å². The summed E-state index contributed by atoms with van der Waals surface area (Å²) in [4.78, 5) is 28.2. The minimum Gasteiger partial charge on any atom is -0.349 e. The molecule has 0 saturated heterocycles. The van der Waals surface area contributed by atoms with E-state index in [9.17, 15) is 9.59 Å². The average Bonchev–Trinajstić information content (AvgIpc) is 2.55. The van der Waals surface area contributed by atoms with Crippen molar-refractivity contribution in [2.45, 2.75) is 6.92 Å². The Hall–Kier alpha value is -2.66. The van der Waals surface area contributed by atoms with Gasteiger partial charge in [-0.1, -0.05) is 17.7 Å². The normalized spacial score (nSPS) is 10.0. The zero-order chi connectivity index (χ0) is 16.8. The molecule has 0 fully saturated rings. The lowest BCUT2D eigenvalue weighted by molar-refractivity contribution is 0.0958. The Bertz CT molecular complexity index is 759. The molecule has 0 unspecified atom stereocenters. The lowest BCUT2D eigenvalue weighted by Gasteiger charge is -2.09. The Kier molecular flexibility index (Phi) is 5.49. The fourth-order valence-corrected chi connectivity index (χ4v) is 2.14. The van der Waals surface area contributed by atoms with Crippen molar-refractivity contribution in [3.8, 4) is 0 Å². The smallest absolute Gasteiger partial charge is 0.274 e. The molecule has 1 aromatic carbocycles. The van der Waals surface area contributed by atoms with E-state index in [1.165, 1.54) is 12.3 Å². The second kappa shape index (κ2) is 7.56. The molecule has 0 radical (unpaired) electrons. The molecule has 2 amide bonds. The van der Waals surface area contributed by atoms with Gasteiger partial charge in [0, 0.05) is 29.0 Å². The number of aromatic nitrogens is 1. The van der Waals surface area contributed by atoms with Crippen molar-refractivity contribution in [2.75, 3.05) is 11.9 Å². The van der Waals surface area contributed by atoms with Gasteiger partial charge in [0.05, 0.1) is 0 Å². The molecule has 5 nitrogen and oxygen atoms in total. The summed E-state index contributed by atoms with van der Waals surface area (Å²) < 4.78 is 0. The highest BCUT2D eigenvalue weighted by Crippen LogP contribution is 2.20. The summed E-state index contributed by atoms with van der Waals surface area (Å²) in [5.74, 6) is -0.683. The van der Waals surface area contributed by atoms with Gasteiger partial charge in [0.1, 0.15) is 5.69 Å². The van der Waals surface area contributed by atoms with E-state index < -0.39 is 5.91 Å². The number of benzene rings is 1. The van der Waals surface area contributed by atoms with E-state index in [0.717, 1.165) is 5.56 Å². The highest BCUT2D eigenvalue weighted by atomic mass is 35.5. The number of nitrogens with one attached hydrogen (secondary N) is 2. The third-order valence-corrected chi connectivity index (χ3v) is 3.33. The van der Waals surface area contributed by atoms with Crippen molar-refractivity contribution >= 4 is 29.1 Å². The largest absolute Gasteiger partial charge is 0.349 e. The van der Waals surface area contributed by atoms with Crippen molar-refractivity contribution < 1.29 is 9.59 Å². The fraction of sp³-hybridized carbons (Fsp3) is 0.118. The van der Waals surface area contributed by atoms with Gasteiger partial charge >= 0.3 is 0 Å². The second-order valence-electron chi connectivity index (χ2n) is 4.84. The molecule has 0 bridgehead atoms. The van der Waals surface area contributed by atoms with Gasteiger partial charge in [-0.2, -0.15) is 0 Å². The minimum atomic E-state index is -0.395. The Morgan fingerprint density at radius 1 is 1.26 bits per heavy atom. The predicted octanol–water partition coefficient (Wildman–Crippen LogP) is 3.21. The maximum Gasteiger partial charge on any atom is 0.274 e. The number of hydrogen-bond acceptors (Lipinski definition) is 3. The number of rotatable bonds is 5. The van der Waals surface area contributed by atoms with Gasteiger partial charge in [-0.15, -0.1) is 6.58 Å². The summed E-state index contributed by atoms with van der Waals surface area (Å²) >= 11 is 5.89. The van der Waals surface area contributed by atoms with E-state index in [4.69, 9.17) is 11.6 Å². The lowest BCUT2D eigenvalue weighted by atomic mass is 10.2. The highest BCUT2D eigenvalue weighted by molar-refractivity contribution is 6.30. The molecule has 2 rings (SSSR count). The van der Waals surface area contributed by atoms with Crippen molar-refractivity contribution in [3.63, 3.8) is 0 Å². The summed E-state index contributed by atoms with van der Waals surface area (Å²) in [5.41, 5.74) is 2.00. The maximum absolute atomic E-state index is 12.3. The number of nitrogens with zero attached hydrogens (tertiary/aromatic N) is 1.